The summed E-state index contributed by atoms with van der Waals surface area (Å²) in [5.74, 6) is 1.90. The first-order chi connectivity index (χ1) is 12.0. The molecule has 2 aromatic rings. The topological polar surface area (TPSA) is 73.9 Å². The molecule has 0 saturated heterocycles. The molecule has 0 fully saturated rings. The van der Waals surface area contributed by atoms with Crippen molar-refractivity contribution in [1.29, 1.82) is 0 Å². The molecule has 0 aliphatic carbocycles. The molecule has 0 bridgehead atoms. The maximum Gasteiger partial charge on any atom is 0.233 e. The lowest BCUT2D eigenvalue weighted by Crippen LogP contribution is -2.26. The van der Waals surface area contributed by atoms with Gasteiger partial charge in [-0.25, -0.2) is 13.1 Å². The zero-order valence-electron chi connectivity index (χ0n) is 13.8. The molecule has 25 heavy (non-hydrogen) atoms. The fraction of sp³-hybridized carbons (Fsp3) is 0.222. The summed E-state index contributed by atoms with van der Waals surface area (Å²) in [4.78, 5) is 0. The van der Waals surface area contributed by atoms with Crippen LogP contribution in [0.15, 0.2) is 47.9 Å². The van der Waals surface area contributed by atoms with Crippen LogP contribution in [0.25, 0.3) is 6.08 Å². The van der Waals surface area contributed by atoms with Gasteiger partial charge in [0.25, 0.3) is 0 Å². The van der Waals surface area contributed by atoms with Crippen molar-refractivity contribution >= 4 is 16.1 Å². The third kappa shape index (κ3) is 4.98. The standard InChI is InChI=1S/C18H19NO5S/c1-14-2-4-15(5-3-14)8-11-25(20,21)19-9-10-22-16-6-7-17-18(12-16)24-13-23-17/h2-8,11-12,19H,9-10,13H2,1H3/b11-8+. The van der Waals surface area contributed by atoms with E-state index in [0.717, 1.165) is 16.5 Å². The molecule has 0 aromatic heterocycles. The van der Waals surface area contributed by atoms with Crippen LogP contribution < -0.4 is 18.9 Å². The van der Waals surface area contributed by atoms with Crippen LogP contribution in [0.2, 0.25) is 0 Å². The minimum atomic E-state index is -3.51. The maximum atomic E-state index is 11.9. The number of nitrogens with one attached hydrogen (secondary N) is 1. The molecule has 0 amide bonds. The molecule has 0 atom stereocenters. The van der Waals surface area contributed by atoms with E-state index in [4.69, 9.17) is 14.2 Å². The van der Waals surface area contributed by atoms with Gasteiger partial charge in [-0.15, -0.1) is 0 Å². The average molecular weight is 361 g/mol. The highest BCUT2D eigenvalue weighted by molar-refractivity contribution is 7.92. The zero-order chi connectivity index (χ0) is 17.7. The van der Waals surface area contributed by atoms with Gasteiger partial charge in [-0.05, 0) is 30.7 Å². The van der Waals surface area contributed by atoms with Gasteiger partial charge >= 0.3 is 0 Å². The van der Waals surface area contributed by atoms with Crippen molar-refractivity contribution < 1.29 is 22.6 Å². The molecule has 1 aliphatic rings. The molecule has 1 heterocycles. The van der Waals surface area contributed by atoms with Crippen LogP contribution in [0, 0.1) is 6.92 Å². The molecular formula is C18H19NO5S. The third-order valence-electron chi connectivity index (χ3n) is 3.54. The van der Waals surface area contributed by atoms with Gasteiger partial charge in [-0.2, -0.15) is 0 Å². The highest BCUT2D eigenvalue weighted by Gasteiger charge is 2.13. The van der Waals surface area contributed by atoms with Crippen molar-refractivity contribution in [2.75, 3.05) is 19.9 Å². The molecule has 6 nitrogen and oxygen atoms in total. The summed E-state index contributed by atoms with van der Waals surface area (Å²) < 4.78 is 42.3. The summed E-state index contributed by atoms with van der Waals surface area (Å²) >= 11 is 0. The monoisotopic (exact) mass is 361 g/mol. The van der Waals surface area contributed by atoms with Gasteiger partial charge in [0.1, 0.15) is 12.4 Å². The van der Waals surface area contributed by atoms with E-state index >= 15 is 0 Å². The predicted molar refractivity (Wildman–Crippen MR) is 95.2 cm³/mol. The van der Waals surface area contributed by atoms with Gasteiger partial charge < -0.3 is 14.2 Å². The first kappa shape index (κ1) is 17.3. The number of aryl methyl sites for hydroxylation is 1. The van der Waals surface area contributed by atoms with Crippen LogP contribution in [-0.2, 0) is 10.0 Å². The quantitative estimate of drug-likeness (QED) is 0.768. The fourth-order valence-electron chi connectivity index (χ4n) is 2.21. The number of ether oxygens (including phenoxy) is 3. The Kier molecular flexibility index (Phi) is 5.25. The highest BCUT2D eigenvalue weighted by atomic mass is 32.2. The molecule has 0 saturated carbocycles. The zero-order valence-corrected chi connectivity index (χ0v) is 14.6. The van der Waals surface area contributed by atoms with E-state index in [1.807, 2.05) is 31.2 Å². The maximum absolute atomic E-state index is 11.9. The van der Waals surface area contributed by atoms with Crippen molar-refractivity contribution in [1.82, 2.24) is 4.72 Å². The Hall–Kier alpha value is -2.51. The molecule has 3 rings (SSSR count). The normalized spacial score (nSPS) is 13.3. The van der Waals surface area contributed by atoms with Gasteiger partial charge in [0.2, 0.25) is 16.8 Å². The number of sulfonamides is 1. The van der Waals surface area contributed by atoms with Crippen LogP contribution in [0.5, 0.6) is 17.2 Å². The Labute approximate surface area is 147 Å². The second kappa shape index (κ2) is 7.58. The summed E-state index contributed by atoms with van der Waals surface area (Å²) in [6, 6.07) is 12.8. The van der Waals surface area contributed by atoms with Crippen molar-refractivity contribution in [2.24, 2.45) is 0 Å². The van der Waals surface area contributed by atoms with E-state index in [9.17, 15) is 8.42 Å². The highest BCUT2D eigenvalue weighted by Crippen LogP contribution is 2.34. The van der Waals surface area contributed by atoms with E-state index < -0.39 is 10.0 Å². The Morgan fingerprint density at radius 3 is 2.68 bits per heavy atom. The third-order valence-corrected chi connectivity index (χ3v) is 4.64. The first-order valence-electron chi connectivity index (χ1n) is 7.79. The average Bonchev–Trinajstić information content (AvgIpc) is 3.06. The summed E-state index contributed by atoms with van der Waals surface area (Å²) in [7, 11) is -3.51. The lowest BCUT2D eigenvalue weighted by molar-refractivity contribution is 0.173. The van der Waals surface area contributed by atoms with E-state index in [-0.39, 0.29) is 19.9 Å². The number of hydrogen-bond acceptors (Lipinski definition) is 5. The van der Waals surface area contributed by atoms with Crippen LogP contribution in [0.4, 0.5) is 0 Å². The van der Waals surface area contributed by atoms with Gasteiger partial charge in [0.15, 0.2) is 11.5 Å². The summed E-state index contributed by atoms with van der Waals surface area (Å²) in [6.45, 7) is 2.55. The second-order valence-corrected chi connectivity index (χ2v) is 7.17. The van der Waals surface area contributed by atoms with Crippen LogP contribution in [0.1, 0.15) is 11.1 Å². The minimum Gasteiger partial charge on any atom is -0.492 e. The van der Waals surface area contributed by atoms with Crippen LogP contribution >= 0.6 is 0 Å². The molecule has 0 radical (unpaired) electrons. The number of fused-ring (bicyclic) bond motifs is 1. The lowest BCUT2D eigenvalue weighted by atomic mass is 10.2. The van der Waals surface area contributed by atoms with Crippen molar-refractivity contribution in [3.63, 3.8) is 0 Å². The summed E-state index contributed by atoms with van der Waals surface area (Å²) in [5.41, 5.74) is 1.95. The fourth-order valence-corrected chi connectivity index (χ4v) is 3.01. The Morgan fingerprint density at radius 2 is 1.88 bits per heavy atom. The molecule has 1 aliphatic heterocycles. The molecular weight excluding hydrogens is 342 g/mol. The first-order valence-corrected chi connectivity index (χ1v) is 9.33. The van der Waals surface area contributed by atoms with Crippen LogP contribution in [-0.4, -0.2) is 28.4 Å². The van der Waals surface area contributed by atoms with Crippen molar-refractivity contribution in [2.45, 2.75) is 6.92 Å². The lowest BCUT2D eigenvalue weighted by Gasteiger charge is -2.07. The van der Waals surface area contributed by atoms with Crippen molar-refractivity contribution in [3.05, 3.63) is 59.0 Å². The van der Waals surface area contributed by atoms with Gasteiger partial charge in [0, 0.05) is 18.0 Å². The van der Waals surface area contributed by atoms with E-state index in [1.54, 1.807) is 24.3 Å². The van der Waals surface area contributed by atoms with E-state index in [1.165, 1.54) is 0 Å². The van der Waals surface area contributed by atoms with E-state index in [2.05, 4.69) is 4.72 Å². The molecule has 7 heteroatoms. The molecule has 1 N–H and O–H groups in total. The van der Waals surface area contributed by atoms with Crippen LogP contribution in [0.3, 0.4) is 0 Å². The molecule has 2 aromatic carbocycles. The number of rotatable bonds is 7. The largest absolute Gasteiger partial charge is 0.492 e. The SMILES string of the molecule is Cc1ccc(/C=C/S(=O)(=O)NCCOc2ccc3c(c2)OCO3)cc1. The Bertz CT molecular complexity index is 860. The van der Waals surface area contributed by atoms with Crippen molar-refractivity contribution in [3.8, 4) is 17.2 Å². The molecule has 0 spiro atoms. The Morgan fingerprint density at radius 1 is 1.12 bits per heavy atom. The summed E-state index contributed by atoms with van der Waals surface area (Å²) in [5, 5.41) is 1.15. The smallest absolute Gasteiger partial charge is 0.233 e. The summed E-state index contributed by atoms with van der Waals surface area (Å²) in [6.07, 6.45) is 1.56. The predicted octanol–water partition coefficient (Wildman–Crippen LogP) is 2.69. The number of hydrogen-bond donors (Lipinski definition) is 1. The van der Waals surface area contributed by atoms with Gasteiger partial charge in [0.05, 0.1) is 0 Å². The Balaban J connectivity index is 1.46. The number of benzene rings is 2. The molecule has 0 unspecified atom stereocenters. The second-order valence-electron chi connectivity index (χ2n) is 5.52. The van der Waals surface area contributed by atoms with Gasteiger partial charge in [-0.1, -0.05) is 29.8 Å². The van der Waals surface area contributed by atoms with E-state index in [0.29, 0.717) is 17.2 Å². The molecule has 132 valence electrons. The van der Waals surface area contributed by atoms with Gasteiger partial charge in [-0.3, -0.25) is 0 Å². The minimum absolute atomic E-state index is 0.162.